The highest BCUT2D eigenvalue weighted by atomic mass is 16.4. The molecular formula is C95H182O15. The lowest BCUT2D eigenvalue weighted by molar-refractivity contribution is -0.138. The molecule has 0 aromatic carbocycles. The van der Waals surface area contributed by atoms with E-state index >= 15 is 0 Å². The van der Waals surface area contributed by atoms with Crippen molar-refractivity contribution >= 4 is 29.8 Å². The molecule has 0 saturated carbocycles. The minimum Gasteiger partial charge on any atom is -0.481 e. The van der Waals surface area contributed by atoms with Crippen molar-refractivity contribution in [1.29, 1.82) is 0 Å². The molecule has 0 saturated heterocycles. The molecule has 0 bridgehead atoms. The molecule has 0 heterocycles. The van der Waals surface area contributed by atoms with Crippen molar-refractivity contribution in [1.82, 2.24) is 0 Å². The number of carbonyl (C=O) groups is 5. The molecule has 0 aromatic rings. The second-order valence-electron chi connectivity index (χ2n) is 30.6. The van der Waals surface area contributed by atoms with Gasteiger partial charge in [-0.3, -0.25) is 24.0 Å². The molecule has 0 fully saturated rings. The molecule has 0 amide bonds. The Balaban J connectivity index is -0.000000298. The molecule has 0 spiro atoms. The lowest BCUT2D eigenvalue weighted by atomic mass is 10.1. The standard InChI is InChI=1S/5C18H34O2.C5H12O5/c5*1-2-3-4-5-6-7-8-9-10-11-12-13-14-15-16-17-18(19)20;6-1-3(8)5(10)4(9)2-7/h5*9-10H,2-8,11-17H2,1H3,(H,19,20);3-10H,1-2H2/b5*10-9-;/t;;;;;3-,4+,5?. The molecule has 15 nitrogen and oxygen atoms in total. The number of rotatable bonds is 79. The van der Waals surface area contributed by atoms with Crippen molar-refractivity contribution in [3.63, 3.8) is 0 Å². The summed E-state index contributed by atoms with van der Waals surface area (Å²) < 4.78 is 0. The minimum atomic E-state index is -1.49. The maximum atomic E-state index is 10.3. The number of carboxylic acids is 5. The Hall–Kier alpha value is -4.15. The molecule has 0 aliphatic rings. The number of carboxylic acid groups (broad SMARTS) is 5. The van der Waals surface area contributed by atoms with Crippen LogP contribution in [-0.2, 0) is 24.0 Å². The predicted octanol–water partition coefficient (Wildman–Crippen LogP) is 27.6. The average Bonchev–Trinajstić information content (AvgIpc) is 0.949. The number of allylic oxidation sites excluding steroid dienone is 10. The van der Waals surface area contributed by atoms with Crippen molar-refractivity contribution in [2.75, 3.05) is 13.2 Å². The van der Waals surface area contributed by atoms with Crippen molar-refractivity contribution in [3.05, 3.63) is 60.8 Å². The first-order valence-electron chi connectivity index (χ1n) is 46.1. The summed E-state index contributed by atoms with van der Waals surface area (Å²) in [6.45, 7) is 10.0. The van der Waals surface area contributed by atoms with Crippen LogP contribution in [0.3, 0.4) is 0 Å². The summed E-state index contributed by atoms with van der Waals surface area (Å²) in [6, 6.07) is 0. The van der Waals surface area contributed by atoms with E-state index < -0.39 is 61.4 Å². The van der Waals surface area contributed by atoms with E-state index in [0.29, 0.717) is 32.1 Å². The maximum absolute atomic E-state index is 10.3. The third kappa shape index (κ3) is 127. The number of aliphatic hydroxyl groups is 5. The highest BCUT2D eigenvalue weighted by molar-refractivity contribution is 5.67. The first-order chi connectivity index (χ1) is 53.5. The molecule has 110 heavy (non-hydrogen) atoms. The van der Waals surface area contributed by atoms with E-state index in [1.165, 1.54) is 353 Å². The lowest BCUT2D eigenvalue weighted by Crippen LogP contribution is -2.41. The van der Waals surface area contributed by atoms with Crippen LogP contribution in [0.5, 0.6) is 0 Å². The van der Waals surface area contributed by atoms with E-state index in [-0.39, 0.29) is 0 Å². The fraction of sp³-hybridized carbons (Fsp3) is 0.842. The van der Waals surface area contributed by atoms with E-state index in [9.17, 15) is 24.0 Å². The average molecular weight is 1560 g/mol. The molecule has 0 radical (unpaired) electrons. The topological polar surface area (TPSA) is 288 Å². The molecule has 1 unspecified atom stereocenters. The quantitative estimate of drug-likeness (QED) is 0.0200. The third-order valence-electron chi connectivity index (χ3n) is 19.4. The van der Waals surface area contributed by atoms with Crippen molar-refractivity contribution in [2.45, 2.75) is 502 Å². The molecule has 0 aliphatic heterocycles. The fourth-order valence-electron chi connectivity index (χ4n) is 12.2. The summed E-state index contributed by atoms with van der Waals surface area (Å²) in [4.78, 5) is 51.6. The van der Waals surface area contributed by atoms with Gasteiger partial charge in [0.05, 0.1) is 13.2 Å². The van der Waals surface area contributed by atoms with Crippen LogP contribution < -0.4 is 0 Å². The number of aliphatic hydroxyl groups excluding tert-OH is 5. The van der Waals surface area contributed by atoms with E-state index in [1.807, 2.05) is 0 Å². The summed E-state index contributed by atoms with van der Waals surface area (Å²) in [5.41, 5.74) is 0. The van der Waals surface area contributed by atoms with Gasteiger partial charge in [0.25, 0.3) is 0 Å². The second-order valence-corrected chi connectivity index (χ2v) is 30.6. The Morgan fingerprint density at radius 1 is 0.191 bits per heavy atom. The zero-order valence-electron chi connectivity index (χ0n) is 72.4. The van der Waals surface area contributed by atoms with Crippen molar-refractivity contribution in [3.8, 4) is 0 Å². The van der Waals surface area contributed by atoms with Crippen molar-refractivity contribution < 1.29 is 75.0 Å². The molecule has 3 atom stereocenters. The monoisotopic (exact) mass is 1560 g/mol. The summed E-state index contributed by atoms with van der Waals surface area (Å²) in [5, 5.41) is 85.1. The number of aliphatic carboxylic acids is 5. The molecule has 0 rings (SSSR count). The van der Waals surface area contributed by atoms with Gasteiger partial charge in [0.2, 0.25) is 0 Å². The van der Waals surface area contributed by atoms with E-state index in [0.717, 1.165) is 64.2 Å². The number of hydrogen-bond donors (Lipinski definition) is 10. The summed E-state index contributed by atoms with van der Waals surface area (Å²) >= 11 is 0. The Labute approximate surface area is 677 Å². The fourth-order valence-corrected chi connectivity index (χ4v) is 12.2. The Morgan fingerprint density at radius 3 is 0.409 bits per heavy atom. The Morgan fingerprint density at radius 2 is 0.300 bits per heavy atom. The zero-order chi connectivity index (χ0) is 82.6. The van der Waals surface area contributed by atoms with E-state index in [2.05, 4.69) is 95.4 Å². The molecule has 15 heteroatoms. The molecule has 0 aromatic heterocycles. The Kier molecular flexibility index (Phi) is 116. The second kappa shape index (κ2) is 109. The minimum absolute atomic E-state index is 0.332. The van der Waals surface area contributed by atoms with Crippen LogP contribution in [0.2, 0.25) is 0 Å². The molecule has 10 N–H and O–H groups in total. The van der Waals surface area contributed by atoms with Gasteiger partial charge in [0, 0.05) is 32.1 Å². The van der Waals surface area contributed by atoms with Crippen LogP contribution in [0.25, 0.3) is 0 Å². The third-order valence-corrected chi connectivity index (χ3v) is 19.4. The van der Waals surface area contributed by atoms with Gasteiger partial charge in [-0.2, -0.15) is 0 Å². The number of hydrogen-bond acceptors (Lipinski definition) is 10. The van der Waals surface area contributed by atoms with Gasteiger partial charge in [-0.1, -0.05) is 352 Å². The Bertz CT molecular complexity index is 1650. The van der Waals surface area contributed by atoms with Crippen LogP contribution in [0, 0.1) is 0 Å². The maximum Gasteiger partial charge on any atom is 0.303 e. The van der Waals surface area contributed by atoms with Gasteiger partial charge >= 0.3 is 29.8 Å². The predicted molar refractivity (Wildman–Crippen MR) is 468 cm³/mol. The van der Waals surface area contributed by atoms with Crippen LogP contribution >= 0.6 is 0 Å². The van der Waals surface area contributed by atoms with Crippen LogP contribution in [0.1, 0.15) is 484 Å². The SMILES string of the molecule is CCCCCCCC/C=C\CCCCCCCC(=O)O.CCCCCCCC/C=C\CCCCCCCC(=O)O.CCCCCCCC/C=C\CCCCCCCC(=O)O.CCCCCCCC/C=C\CCCCCCCC(=O)O.CCCCCCCC/C=C\CCCCCCCC(=O)O.OC[C@@H](O)C(O)[C@@H](O)CO. The summed E-state index contributed by atoms with van der Waals surface area (Å²) in [5.74, 6) is -3.32. The van der Waals surface area contributed by atoms with E-state index in [4.69, 9.17) is 51.1 Å². The van der Waals surface area contributed by atoms with E-state index in [1.54, 1.807) is 0 Å². The lowest BCUT2D eigenvalue weighted by Gasteiger charge is -2.19. The van der Waals surface area contributed by atoms with Gasteiger partial charge in [0.1, 0.15) is 18.3 Å². The first kappa shape index (κ1) is 117. The zero-order valence-corrected chi connectivity index (χ0v) is 72.4. The van der Waals surface area contributed by atoms with Gasteiger partial charge in [-0.25, -0.2) is 0 Å². The number of unbranched alkanes of at least 4 members (excludes halogenated alkanes) is 55. The molecular weight excluding hydrogens is 1380 g/mol. The summed E-state index contributed by atoms with van der Waals surface area (Å²) in [6.07, 6.45) is 102. The molecule has 652 valence electrons. The van der Waals surface area contributed by atoms with Gasteiger partial charge in [-0.15, -0.1) is 0 Å². The highest BCUT2D eigenvalue weighted by Gasteiger charge is 2.23. The normalized spacial score (nSPS) is 12.1. The highest BCUT2D eigenvalue weighted by Crippen LogP contribution is 2.17. The largest absolute Gasteiger partial charge is 0.481 e. The van der Waals surface area contributed by atoms with Gasteiger partial charge < -0.3 is 51.1 Å². The smallest absolute Gasteiger partial charge is 0.303 e. The first-order valence-corrected chi connectivity index (χ1v) is 46.1. The van der Waals surface area contributed by atoms with Crippen LogP contribution in [-0.4, -0.2) is 112 Å². The van der Waals surface area contributed by atoms with Crippen LogP contribution in [0.15, 0.2) is 60.8 Å². The van der Waals surface area contributed by atoms with Gasteiger partial charge in [-0.05, 0) is 161 Å². The van der Waals surface area contributed by atoms with Crippen molar-refractivity contribution in [2.24, 2.45) is 0 Å². The molecule has 0 aliphatic carbocycles. The van der Waals surface area contributed by atoms with Crippen LogP contribution in [0.4, 0.5) is 0 Å². The summed E-state index contributed by atoms with van der Waals surface area (Å²) in [7, 11) is 0. The van der Waals surface area contributed by atoms with Gasteiger partial charge in [0.15, 0.2) is 0 Å².